The number of nitrogens with two attached hydrogens (primary N) is 1. The summed E-state index contributed by atoms with van der Waals surface area (Å²) in [6.07, 6.45) is 2.58. The van der Waals surface area contributed by atoms with Crippen LogP contribution in [0, 0.1) is 3.57 Å². The molecule has 1 aliphatic heterocycles. The molecule has 2 heterocycles. The number of aromatic nitrogens is 2. The van der Waals surface area contributed by atoms with Crippen LogP contribution in [0.25, 0.3) is 11.0 Å². The van der Waals surface area contributed by atoms with Crippen LogP contribution in [0.5, 0.6) is 0 Å². The van der Waals surface area contributed by atoms with Crippen LogP contribution in [0.3, 0.4) is 0 Å². The van der Waals surface area contributed by atoms with E-state index in [2.05, 4.69) is 69.0 Å². The zero-order valence-corrected chi connectivity index (χ0v) is 13.3. The van der Waals surface area contributed by atoms with Crippen molar-refractivity contribution in [2.45, 2.75) is 31.1 Å². The third kappa shape index (κ3) is 2.22. The van der Waals surface area contributed by atoms with Gasteiger partial charge in [-0.3, -0.25) is 0 Å². The number of rotatable bonds is 2. The van der Waals surface area contributed by atoms with Gasteiger partial charge in [-0.05, 0) is 66.3 Å². The molecule has 3 nitrogen and oxygen atoms in total. The van der Waals surface area contributed by atoms with Gasteiger partial charge in [-0.1, -0.05) is 0 Å². The molecule has 0 bridgehead atoms. The minimum absolute atomic E-state index is 0.310. The molecule has 2 N–H and O–H groups in total. The van der Waals surface area contributed by atoms with Gasteiger partial charge in [-0.2, -0.15) is 11.8 Å². The zero-order valence-electron chi connectivity index (χ0n) is 10.3. The number of hydrogen-bond donors (Lipinski definition) is 1. The molecule has 1 aromatic carbocycles. The Morgan fingerprint density at radius 3 is 3.11 bits per heavy atom. The first-order valence-electron chi connectivity index (χ1n) is 6.13. The molecule has 96 valence electrons. The van der Waals surface area contributed by atoms with Crippen molar-refractivity contribution in [3.05, 3.63) is 21.8 Å². The van der Waals surface area contributed by atoms with E-state index in [1.54, 1.807) is 0 Å². The van der Waals surface area contributed by atoms with Crippen molar-refractivity contribution in [3.8, 4) is 0 Å². The Kier molecular flexibility index (Phi) is 3.21. The lowest BCUT2D eigenvalue weighted by Gasteiger charge is -2.24. The topological polar surface area (TPSA) is 43.8 Å². The molecule has 1 aromatic heterocycles. The van der Waals surface area contributed by atoms with Gasteiger partial charge in [0.05, 0.1) is 11.0 Å². The second-order valence-corrected chi connectivity index (χ2v) is 8.02. The summed E-state index contributed by atoms with van der Waals surface area (Å²) in [5, 5.41) is 0. The minimum Gasteiger partial charge on any atom is -0.369 e. The molecule has 1 aliphatic rings. The first-order chi connectivity index (χ1) is 8.57. The number of thioether (sulfide) groups is 1. The quantitative estimate of drug-likeness (QED) is 0.820. The Labute approximate surface area is 125 Å². The number of anilines is 1. The fraction of sp³-hybridized carbons (Fsp3) is 0.462. The van der Waals surface area contributed by atoms with E-state index in [9.17, 15) is 0 Å². The molecule has 5 heteroatoms. The summed E-state index contributed by atoms with van der Waals surface area (Å²) in [6.45, 7) is 3.29. The van der Waals surface area contributed by atoms with Crippen molar-refractivity contribution in [2.24, 2.45) is 0 Å². The van der Waals surface area contributed by atoms with Crippen LogP contribution in [0.1, 0.15) is 19.8 Å². The van der Waals surface area contributed by atoms with Gasteiger partial charge in [-0.25, -0.2) is 4.98 Å². The fourth-order valence-corrected chi connectivity index (χ4v) is 4.35. The van der Waals surface area contributed by atoms with E-state index in [1.165, 1.54) is 22.2 Å². The van der Waals surface area contributed by atoms with E-state index < -0.39 is 0 Å². The summed E-state index contributed by atoms with van der Waals surface area (Å²) in [4.78, 5) is 4.47. The van der Waals surface area contributed by atoms with Crippen molar-refractivity contribution in [1.29, 1.82) is 0 Å². The Hall–Kier alpha value is -0.430. The van der Waals surface area contributed by atoms with E-state index >= 15 is 0 Å². The molecule has 0 amide bonds. The molecule has 3 rings (SSSR count). The molecule has 2 aromatic rings. The van der Waals surface area contributed by atoms with Crippen LogP contribution in [0.4, 0.5) is 5.95 Å². The number of halogens is 1. The second-order valence-electron chi connectivity index (χ2n) is 5.09. The maximum absolute atomic E-state index is 6.08. The smallest absolute Gasteiger partial charge is 0.201 e. The average Bonchev–Trinajstić information content (AvgIpc) is 2.85. The van der Waals surface area contributed by atoms with Crippen LogP contribution < -0.4 is 5.73 Å². The predicted octanol–water partition coefficient (Wildman–Crippen LogP) is 3.51. The lowest BCUT2D eigenvalue weighted by Crippen LogP contribution is -2.24. The Bertz CT molecular complexity index is 587. The standard InChI is InChI=1S/C13H16IN3S/c1-13(5-2-6-18-13)8-17-11-4-3-9(14)7-10(11)16-12(17)15/h3-4,7H,2,5-6,8H2,1H3,(H2,15,16). The number of fused-ring (bicyclic) bond motifs is 1. The van der Waals surface area contributed by atoms with E-state index in [-0.39, 0.29) is 0 Å². The van der Waals surface area contributed by atoms with Crippen molar-refractivity contribution in [2.75, 3.05) is 11.5 Å². The monoisotopic (exact) mass is 373 g/mol. The van der Waals surface area contributed by atoms with Gasteiger partial charge in [0, 0.05) is 14.9 Å². The summed E-state index contributed by atoms with van der Waals surface area (Å²) in [6, 6.07) is 6.33. The number of hydrogen-bond acceptors (Lipinski definition) is 3. The molecule has 1 fully saturated rings. The lowest BCUT2D eigenvalue weighted by atomic mass is 10.1. The molecule has 0 saturated carbocycles. The molecule has 0 spiro atoms. The Morgan fingerprint density at radius 1 is 1.56 bits per heavy atom. The molecule has 1 saturated heterocycles. The van der Waals surface area contributed by atoms with E-state index in [0.717, 1.165) is 17.6 Å². The SMILES string of the molecule is CC1(Cn2c(N)nc3cc(I)ccc32)CCCS1. The number of nitrogens with zero attached hydrogens (tertiary/aromatic N) is 2. The van der Waals surface area contributed by atoms with Crippen LogP contribution in [-0.2, 0) is 6.54 Å². The zero-order chi connectivity index (χ0) is 12.8. The van der Waals surface area contributed by atoms with E-state index in [1.807, 2.05) is 0 Å². The highest BCUT2D eigenvalue weighted by molar-refractivity contribution is 14.1. The Morgan fingerprint density at radius 2 is 2.39 bits per heavy atom. The molecule has 0 radical (unpaired) electrons. The molecular weight excluding hydrogens is 357 g/mol. The third-order valence-electron chi connectivity index (χ3n) is 3.53. The van der Waals surface area contributed by atoms with E-state index in [4.69, 9.17) is 5.73 Å². The highest BCUT2D eigenvalue weighted by atomic mass is 127. The van der Waals surface area contributed by atoms with Gasteiger partial charge >= 0.3 is 0 Å². The molecule has 18 heavy (non-hydrogen) atoms. The molecule has 0 aliphatic carbocycles. The number of imidazole rings is 1. The predicted molar refractivity (Wildman–Crippen MR) is 87.0 cm³/mol. The Balaban J connectivity index is 2.03. The summed E-state index contributed by atoms with van der Waals surface area (Å²) in [5.41, 5.74) is 8.24. The first kappa shape index (κ1) is 12.6. The van der Waals surface area contributed by atoms with Crippen molar-refractivity contribution in [3.63, 3.8) is 0 Å². The highest BCUT2D eigenvalue weighted by Crippen LogP contribution is 2.40. The third-order valence-corrected chi connectivity index (χ3v) is 5.73. The second kappa shape index (κ2) is 4.59. The van der Waals surface area contributed by atoms with Crippen LogP contribution >= 0.6 is 34.4 Å². The maximum atomic E-state index is 6.08. The minimum atomic E-state index is 0.310. The molecular formula is C13H16IN3S. The summed E-state index contributed by atoms with van der Waals surface area (Å²) >= 11 is 4.37. The number of benzene rings is 1. The maximum Gasteiger partial charge on any atom is 0.201 e. The van der Waals surface area contributed by atoms with Crippen LogP contribution in [-0.4, -0.2) is 20.1 Å². The lowest BCUT2D eigenvalue weighted by molar-refractivity contribution is 0.522. The normalized spacial score (nSPS) is 23.9. The van der Waals surface area contributed by atoms with Gasteiger partial charge in [-0.15, -0.1) is 0 Å². The largest absolute Gasteiger partial charge is 0.369 e. The first-order valence-corrected chi connectivity index (χ1v) is 8.19. The van der Waals surface area contributed by atoms with Crippen LogP contribution in [0.15, 0.2) is 18.2 Å². The molecule has 1 unspecified atom stereocenters. The van der Waals surface area contributed by atoms with Gasteiger partial charge < -0.3 is 10.3 Å². The summed E-state index contributed by atoms with van der Waals surface area (Å²) < 4.78 is 3.68. The van der Waals surface area contributed by atoms with Crippen LogP contribution in [0.2, 0.25) is 0 Å². The molecule has 1 atom stereocenters. The van der Waals surface area contributed by atoms with Gasteiger partial charge in [0.2, 0.25) is 5.95 Å². The van der Waals surface area contributed by atoms with Crippen molar-refractivity contribution in [1.82, 2.24) is 9.55 Å². The fourth-order valence-electron chi connectivity index (χ4n) is 2.58. The average molecular weight is 373 g/mol. The highest BCUT2D eigenvalue weighted by Gasteiger charge is 2.31. The number of nitrogen functional groups attached to an aromatic ring is 1. The van der Waals surface area contributed by atoms with Gasteiger partial charge in [0.1, 0.15) is 0 Å². The van der Waals surface area contributed by atoms with Gasteiger partial charge in [0.25, 0.3) is 0 Å². The van der Waals surface area contributed by atoms with Crippen molar-refractivity contribution >= 4 is 51.3 Å². The van der Waals surface area contributed by atoms with E-state index in [0.29, 0.717) is 10.7 Å². The summed E-state index contributed by atoms with van der Waals surface area (Å²) in [5.74, 6) is 1.90. The van der Waals surface area contributed by atoms with Gasteiger partial charge in [0.15, 0.2) is 0 Å². The van der Waals surface area contributed by atoms with Crippen molar-refractivity contribution < 1.29 is 0 Å². The summed E-state index contributed by atoms with van der Waals surface area (Å²) in [7, 11) is 0.